The van der Waals surface area contributed by atoms with E-state index in [1.165, 1.54) is 31.4 Å². The predicted octanol–water partition coefficient (Wildman–Crippen LogP) is 2.97. The Hall–Kier alpha value is -2.64. The summed E-state index contributed by atoms with van der Waals surface area (Å²) in [6.07, 6.45) is -0.284. The average Bonchev–Trinajstić information content (AvgIpc) is 2.59. The van der Waals surface area contributed by atoms with E-state index in [0.29, 0.717) is 12.0 Å². The molecule has 0 aliphatic rings. The highest BCUT2D eigenvalue weighted by atomic mass is 19.1. The fourth-order valence-electron chi connectivity index (χ4n) is 2.62. The van der Waals surface area contributed by atoms with Gasteiger partial charge in [-0.05, 0) is 50.8 Å². The fraction of sp³-hybridized carbons (Fsp3) is 0.571. The molecule has 0 bridgehead atoms. The van der Waals surface area contributed by atoms with Gasteiger partial charge in [0.1, 0.15) is 23.5 Å². The van der Waals surface area contributed by atoms with Gasteiger partial charge in [0.25, 0.3) is 0 Å². The summed E-state index contributed by atoms with van der Waals surface area (Å²) in [4.78, 5) is 37.1. The summed E-state index contributed by atoms with van der Waals surface area (Å²) in [5.41, 5.74) is -0.103. The van der Waals surface area contributed by atoms with E-state index in [1.807, 2.05) is 13.8 Å². The van der Waals surface area contributed by atoms with Gasteiger partial charge in [-0.1, -0.05) is 26.0 Å². The first-order chi connectivity index (χ1) is 13.4. The third-order valence-corrected chi connectivity index (χ3v) is 3.87. The second-order valence-electron chi connectivity index (χ2n) is 8.24. The predicted molar refractivity (Wildman–Crippen MR) is 107 cm³/mol. The summed E-state index contributed by atoms with van der Waals surface area (Å²) >= 11 is 0. The second kappa shape index (κ2) is 10.8. The molecule has 0 spiro atoms. The number of alkyl carbamates (subject to hydrolysis) is 1. The average molecular weight is 410 g/mol. The van der Waals surface area contributed by atoms with Crippen LogP contribution in [0.15, 0.2) is 24.3 Å². The minimum atomic E-state index is -1.02. The molecule has 7 nitrogen and oxygen atoms in total. The molecule has 0 aliphatic carbocycles. The number of nitrogens with one attached hydrogen (secondary N) is 2. The number of benzene rings is 1. The van der Waals surface area contributed by atoms with E-state index in [1.54, 1.807) is 20.8 Å². The van der Waals surface area contributed by atoms with Crippen LogP contribution in [0.1, 0.15) is 46.6 Å². The van der Waals surface area contributed by atoms with Crippen LogP contribution in [0.3, 0.4) is 0 Å². The Labute approximate surface area is 171 Å². The molecule has 0 fully saturated rings. The maximum Gasteiger partial charge on any atom is 0.408 e. The Morgan fingerprint density at radius 1 is 1.03 bits per heavy atom. The number of rotatable bonds is 8. The Morgan fingerprint density at radius 2 is 1.62 bits per heavy atom. The molecule has 0 heterocycles. The van der Waals surface area contributed by atoms with Gasteiger partial charge in [0, 0.05) is 6.42 Å². The zero-order chi connectivity index (χ0) is 22.2. The first-order valence-corrected chi connectivity index (χ1v) is 9.53. The Kier molecular flexibility index (Phi) is 9.07. The number of esters is 1. The lowest BCUT2D eigenvalue weighted by molar-refractivity contribution is -0.145. The maximum absolute atomic E-state index is 13.2. The molecule has 0 saturated heterocycles. The smallest absolute Gasteiger partial charge is 0.408 e. The molecule has 0 saturated carbocycles. The molecule has 0 unspecified atom stereocenters. The number of hydrogen-bond donors (Lipinski definition) is 2. The van der Waals surface area contributed by atoms with Crippen LogP contribution in [0.2, 0.25) is 0 Å². The molecule has 29 heavy (non-hydrogen) atoms. The topological polar surface area (TPSA) is 93.7 Å². The quantitative estimate of drug-likeness (QED) is 0.643. The van der Waals surface area contributed by atoms with E-state index in [-0.39, 0.29) is 12.3 Å². The number of carbonyl (C=O) groups is 3. The van der Waals surface area contributed by atoms with Crippen LogP contribution in [0.25, 0.3) is 0 Å². The maximum atomic E-state index is 13.2. The summed E-state index contributed by atoms with van der Waals surface area (Å²) in [7, 11) is 1.25. The highest BCUT2D eigenvalue weighted by Crippen LogP contribution is 2.11. The third kappa shape index (κ3) is 9.40. The Balaban J connectivity index is 3.00. The van der Waals surface area contributed by atoms with Crippen molar-refractivity contribution in [1.29, 1.82) is 0 Å². The molecule has 2 atom stereocenters. The molecule has 8 heteroatoms. The minimum absolute atomic E-state index is 0.0981. The number of carbonyl (C=O) groups excluding carboxylic acids is 3. The Bertz CT molecular complexity index is 698. The van der Waals surface area contributed by atoms with Gasteiger partial charge in [-0.2, -0.15) is 0 Å². The summed E-state index contributed by atoms with van der Waals surface area (Å²) in [5, 5.41) is 5.17. The lowest BCUT2D eigenvalue weighted by atomic mass is 10.0. The van der Waals surface area contributed by atoms with E-state index in [2.05, 4.69) is 10.6 Å². The molecule has 162 valence electrons. The van der Waals surface area contributed by atoms with Crippen molar-refractivity contribution in [2.24, 2.45) is 5.92 Å². The van der Waals surface area contributed by atoms with Crippen molar-refractivity contribution < 1.29 is 28.2 Å². The molecule has 0 aromatic heterocycles. The summed E-state index contributed by atoms with van der Waals surface area (Å²) in [6, 6.07) is 3.73. The summed E-state index contributed by atoms with van der Waals surface area (Å²) in [6.45, 7) is 8.95. The summed E-state index contributed by atoms with van der Waals surface area (Å²) < 4.78 is 23.2. The number of hydrogen-bond acceptors (Lipinski definition) is 5. The van der Waals surface area contributed by atoms with Crippen LogP contribution >= 0.6 is 0 Å². The largest absolute Gasteiger partial charge is 0.467 e. The normalized spacial score (nSPS) is 13.4. The van der Waals surface area contributed by atoms with E-state index in [0.717, 1.165) is 0 Å². The van der Waals surface area contributed by atoms with Crippen LogP contribution in [-0.4, -0.2) is 42.8 Å². The van der Waals surface area contributed by atoms with E-state index in [9.17, 15) is 18.8 Å². The van der Waals surface area contributed by atoms with Crippen molar-refractivity contribution in [3.05, 3.63) is 35.6 Å². The fourth-order valence-corrected chi connectivity index (χ4v) is 2.62. The SMILES string of the molecule is COC(=O)[C@@H](CC(C)C)NC(=O)[C@H](Cc1ccc(F)cc1)NC(=O)OC(C)(C)C. The zero-order valence-electron chi connectivity index (χ0n) is 17.9. The summed E-state index contributed by atoms with van der Waals surface area (Å²) in [5.74, 6) is -1.40. The molecule has 2 N–H and O–H groups in total. The standard InChI is InChI=1S/C21H31FN2O5/c1-13(2)11-17(19(26)28-6)23-18(25)16(24-20(27)29-21(3,4)5)12-14-7-9-15(22)10-8-14/h7-10,13,16-17H,11-12H2,1-6H3,(H,23,25)(H,24,27)/t16-,17+/m0/s1. The molecule has 0 radical (unpaired) electrons. The molecule has 1 rings (SSSR count). The van der Waals surface area contributed by atoms with Crippen molar-refractivity contribution in [3.63, 3.8) is 0 Å². The molecular formula is C21H31FN2O5. The number of methoxy groups -OCH3 is 1. The molecule has 2 amide bonds. The van der Waals surface area contributed by atoms with Crippen LogP contribution < -0.4 is 10.6 Å². The van der Waals surface area contributed by atoms with Crippen molar-refractivity contribution in [3.8, 4) is 0 Å². The van der Waals surface area contributed by atoms with Gasteiger partial charge in [-0.3, -0.25) is 4.79 Å². The van der Waals surface area contributed by atoms with E-state index >= 15 is 0 Å². The van der Waals surface area contributed by atoms with Crippen LogP contribution in [0.5, 0.6) is 0 Å². The lowest BCUT2D eigenvalue weighted by Crippen LogP contribution is -2.53. The highest BCUT2D eigenvalue weighted by Gasteiger charge is 2.29. The first kappa shape index (κ1) is 24.4. The monoisotopic (exact) mass is 410 g/mol. The molecular weight excluding hydrogens is 379 g/mol. The van der Waals surface area contributed by atoms with Crippen molar-refractivity contribution in [2.75, 3.05) is 7.11 Å². The van der Waals surface area contributed by atoms with Gasteiger partial charge in [-0.15, -0.1) is 0 Å². The van der Waals surface area contributed by atoms with Crippen LogP contribution in [-0.2, 0) is 25.5 Å². The Morgan fingerprint density at radius 3 is 2.10 bits per heavy atom. The van der Waals surface area contributed by atoms with E-state index < -0.39 is 41.5 Å². The van der Waals surface area contributed by atoms with Gasteiger partial charge in [0.05, 0.1) is 7.11 Å². The minimum Gasteiger partial charge on any atom is -0.467 e. The molecule has 1 aromatic rings. The van der Waals surface area contributed by atoms with Crippen molar-refractivity contribution >= 4 is 18.0 Å². The highest BCUT2D eigenvalue weighted by molar-refractivity contribution is 5.89. The lowest BCUT2D eigenvalue weighted by Gasteiger charge is -2.25. The second-order valence-corrected chi connectivity index (χ2v) is 8.24. The van der Waals surface area contributed by atoms with E-state index in [4.69, 9.17) is 9.47 Å². The molecule has 0 aliphatic heterocycles. The number of halogens is 1. The van der Waals surface area contributed by atoms with Gasteiger partial charge in [0.2, 0.25) is 5.91 Å². The van der Waals surface area contributed by atoms with Crippen LogP contribution in [0, 0.1) is 11.7 Å². The van der Waals surface area contributed by atoms with Crippen LogP contribution in [0.4, 0.5) is 9.18 Å². The van der Waals surface area contributed by atoms with Crippen molar-refractivity contribution in [2.45, 2.75) is 65.1 Å². The van der Waals surface area contributed by atoms with Crippen molar-refractivity contribution in [1.82, 2.24) is 10.6 Å². The first-order valence-electron chi connectivity index (χ1n) is 9.53. The van der Waals surface area contributed by atoms with Gasteiger partial charge >= 0.3 is 12.1 Å². The van der Waals surface area contributed by atoms with Gasteiger partial charge in [0.15, 0.2) is 0 Å². The molecule has 1 aromatic carbocycles. The number of ether oxygens (including phenoxy) is 2. The van der Waals surface area contributed by atoms with Gasteiger partial charge in [-0.25, -0.2) is 14.0 Å². The zero-order valence-corrected chi connectivity index (χ0v) is 17.9. The third-order valence-electron chi connectivity index (χ3n) is 3.87. The van der Waals surface area contributed by atoms with Gasteiger partial charge < -0.3 is 20.1 Å². The number of amides is 2.